The Morgan fingerprint density at radius 1 is 1.73 bits per heavy atom. The largest absolute Gasteiger partial charge is 0.477 e. The van der Waals surface area contributed by atoms with Crippen LogP contribution >= 0.6 is 11.3 Å². The van der Waals surface area contributed by atoms with Gasteiger partial charge in [-0.05, 0) is 18.1 Å². The Labute approximate surface area is 92.3 Å². The van der Waals surface area contributed by atoms with Crippen molar-refractivity contribution >= 4 is 17.3 Å². The van der Waals surface area contributed by atoms with E-state index in [-0.39, 0.29) is 0 Å². The molecule has 0 spiro atoms. The number of hydrogen-bond acceptors (Lipinski definition) is 3. The first-order valence-corrected chi connectivity index (χ1v) is 5.53. The van der Waals surface area contributed by atoms with E-state index in [0.717, 1.165) is 25.1 Å². The van der Waals surface area contributed by atoms with Gasteiger partial charge in [0.05, 0.1) is 6.54 Å². The molecule has 0 aliphatic carbocycles. The van der Waals surface area contributed by atoms with Crippen LogP contribution in [0.25, 0.3) is 0 Å². The van der Waals surface area contributed by atoms with E-state index in [1.165, 1.54) is 16.2 Å². The first kappa shape index (κ1) is 10.2. The van der Waals surface area contributed by atoms with E-state index in [0.29, 0.717) is 11.4 Å². The third-order valence-electron chi connectivity index (χ3n) is 2.47. The molecule has 0 unspecified atom stereocenters. The molecule has 0 amide bonds. The van der Waals surface area contributed by atoms with Gasteiger partial charge in [0, 0.05) is 18.0 Å². The quantitative estimate of drug-likeness (QED) is 0.768. The minimum Gasteiger partial charge on any atom is -0.477 e. The monoisotopic (exact) mass is 221 g/mol. The highest BCUT2D eigenvalue weighted by Gasteiger charge is 2.20. The van der Waals surface area contributed by atoms with Crippen LogP contribution in [0.5, 0.6) is 0 Å². The normalized spacial score (nSPS) is 15.7. The topological polar surface area (TPSA) is 40.5 Å². The SMILES string of the molecule is C#CCN1CCc2sc(C(=O)O)cc2C1. The fourth-order valence-electron chi connectivity index (χ4n) is 1.76. The number of aromatic carboxylic acids is 1. The van der Waals surface area contributed by atoms with E-state index in [4.69, 9.17) is 11.5 Å². The number of rotatable bonds is 2. The van der Waals surface area contributed by atoms with E-state index in [2.05, 4.69) is 10.8 Å². The number of nitrogens with zero attached hydrogens (tertiary/aromatic N) is 1. The molecule has 1 aromatic heterocycles. The standard InChI is InChI=1S/C11H11NO2S/c1-2-4-12-5-3-9-8(7-12)6-10(15-9)11(13)14/h1,6H,3-5,7H2,(H,13,14). The second kappa shape index (κ2) is 4.05. The number of carbonyl (C=O) groups is 1. The zero-order chi connectivity index (χ0) is 10.8. The van der Waals surface area contributed by atoms with Crippen LogP contribution < -0.4 is 0 Å². The molecule has 2 rings (SSSR count). The molecule has 0 radical (unpaired) electrons. The molecule has 1 aromatic rings. The lowest BCUT2D eigenvalue weighted by molar-refractivity contribution is 0.0702. The number of carboxylic acids is 1. The smallest absolute Gasteiger partial charge is 0.345 e. The highest BCUT2D eigenvalue weighted by Crippen LogP contribution is 2.27. The van der Waals surface area contributed by atoms with Crippen LogP contribution in [0.4, 0.5) is 0 Å². The van der Waals surface area contributed by atoms with Crippen LogP contribution in [0, 0.1) is 12.3 Å². The summed E-state index contributed by atoms with van der Waals surface area (Å²) in [7, 11) is 0. The summed E-state index contributed by atoms with van der Waals surface area (Å²) in [6, 6.07) is 1.77. The molecule has 15 heavy (non-hydrogen) atoms. The van der Waals surface area contributed by atoms with Crippen molar-refractivity contribution in [3.63, 3.8) is 0 Å². The molecule has 4 heteroatoms. The van der Waals surface area contributed by atoms with Gasteiger partial charge < -0.3 is 5.11 Å². The zero-order valence-electron chi connectivity index (χ0n) is 8.19. The Morgan fingerprint density at radius 2 is 2.53 bits per heavy atom. The highest BCUT2D eigenvalue weighted by atomic mass is 32.1. The zero-order valence-corrected chi connectivity index (χ0v) is 9.01. The molecule has 0 saturated heterocycles. The maximum Gasteiger partial charge on any atom is 0.345 e. The van der Waals surface area contributed by atoms with Gasteiger partial charge in [-0.2, -0.15) is 0 Å². The number of thiophene rings is 1. The molecule has 0 atom stereocenters. The lowest BCUT2D eigenvalue weighted by Gasteiger charge is -2.24. The van der Waals surface area contributed by atoms with Crippen LogP contribution in [0.2, 0.25) is 0 Å². The van der Waals surface area contributed by atoms with Gasteiger partial charge in [0.2, 0.25) is 0 Å². The van der Waals surface area contributed by atoms with Gasteiger partial charge >= 0.3 is 5.97 Å². The third-order valence-corrected chi connectivity index (χ3v) is 3.70. The van der Waals surface area contributed by atoms with Crippen molar-refractivity contribution in [3.05, 3.63) is 21.4 Å². The van der Waals surface area contributed by atoms with E-state index < -0.39 is 5.97 Å². The van der Waals surface area contributed by atoms with Crippen molar-refractivity contribution in [2.75, 3.05) is 13.1 Å². The molecule has 0 aromatic carbocycles. The second-order valence-corrected chi connectivity index (χ2v) is 4.67. The summed E-state index contributed by atoms with van der Waals surface area (Å²) < 4.78 is 0. The predicted octanol–water partition coefficient (Wildman–Crippen LogP) is 1.44. The predicted molar refractivity (Wildman–Crippen MR) is 59.1 cm³/mol. The minimum absolute atomic E-state index is 0.433. The first-order chi connectivity index (χ1) is 7.20. The molecule has 0 saturated carbocycles. The summed E-state index contributed by atoms with van der Waals surface area (Å²) in [5.41, 5.74) is 1.12. The Kier molecular flexibility index (Phi) is 2.76. The lowest BCUT2D eigenvalue weighted by atomic mass is 10.1. The maximum atomic E-state index is 10.8. The first-order valence-electron chi connectivity index (χ1n) is 4.71. The number of carboxylic acid groups (broad SMARTS) is 1. The number of terminal acetylenes is 1. The van der Waals surface area contributed by atoms with Crippen molar-refractivity contribution in [3.8, 4) is 12.3 Å². The molecule has 2 heterocycles. The van der Waals surface area contributed by atoms with Gasteiger partial charge in [-0.3, -0.25) is 4.90 Å². The second-order valence-electron chi connectivity index (χ2n) is 3.53. The lowest BCUT2D eigenvalue weighted by Crippen LogP contribution is -2.29. The van der Waals surface area contributed by atoms with E-state index in [1.807, 2.05) is 0 Å². The summed E-state index contributed by atoms with van der Waals surface area (Å²) in [5.74, 6) is 1.78. The summed E-state index contributed by atoms with van der Waals surface area (Å²) in [6.07, 6.45) is 6.16. The summed E-state index contributed by atoms with van der Waals surface area (Å²) in [6.45, 7) is 2.35. The average molecular weight is 221 g/mol. The fraction of sp³-hybridized carbons (Fsp3) is 0.364. The van der Waals surface area contributed by atoms with Crippen molar-refractivity contribution in [1.82, 2.24) is 4.90 Å². The molecule has 3 nitrogen and oxygen atoms in total. The Balaban J connectivity index is 2.20. The Hall–Kier alpha value is -1.31. The molecular formula is C11H11NO2S. The van der Waals surface area contributed by atoms with Crippen molar-refractivity contribution in [1.29, 1.82) is 0 Å². The van der Waals surface area contributed by atoms with Gasteiger partial charge in [0.15, 0.2) is 0 Å². The van der Waals surface area contributed by atoms with Crippen LogP contribution in [0.1, 0.15) is 20.1 Å². The van der Waals surface area contributed by atoms with E-state index in [1.54, 1.807) is 6.07 Å². The van der Waals surface area contributed by atoms with Gasteiger partial charge in [0.1, 0.15) is 4.88 Å². The highest BCUT2D eigenvalue weighted by molar-refractivity contribution is 7.14. The molecule has 78 valence electrons. The van der Waals surface area contributed by atoms with E-state index >= 15 is 0 Å². The Morgan fingerprint density at radius 3 is 3.20 bits per heavy atom. The molecular weight excluding hydrogens is 210 g/mol. The van der Waals surface area contributed by atoms with E-state index in [9.17, 15) is 4.79 Å². The van der Waals surface area contributed by atoms with Crippen LogP contribution in [-0.2, 0) is 13.0 Å². The van der Waals surface area contributed by atoms with Crippen molar-refractivity contribution in [2.24, 2.45) is 0 Å². The molecule has 1 aliphatic heterocycles. The summed E-state index contributed by atoms with van der Waals surface area (Å²) >= 11 is 1.39. The third kappa shape index (κ3) is 2.04. The Bertz CT molecular complexity index is 430. The van der Waals surface area contributed by atoms with Gasteiger partial charge in [-0.25, -0.2) is 4.79 Å². The van der Waals surface area contributed by atoms with Crippen LogP contribution in [0.3, 0.4) is 0 Å². The molecule has 0 fully saturated rings. The van der Waals surface area contributed by atoms with Crippen LogP contribution in [-0.4, -0.2) is 29.1 Å². The van der Waals surface area contributed by atoms with Gasteiger partial charge in [-0.15, -0.1) is 17.8 Å². The van der Waals surface area contributed by atoms with Gasteiger partial charge in [0.25, 0.3) is 0 Å². The van der Waals surface area contributed by atoms with Gasteiger partial charge in [-0.1, -0.05) is 5.92 Å². The van der Waals surface area contributed by atoms with Crippen molar-refractivity contribution < 1.29 is 9.90 Å². The average Bonchev–Trinajstić information content (AvgIpc) is 2.61. The van der Waals surface area contributed by atoms with Crippen molar-refractivity contribution in [2.45, 2.75) is 13.0 Å². The number of fused-ring (bicyclic) bond motifs is 1. The fourth-order valence-corrected chi connectivity index (χ4v) is 2.76. The maximum absolute atomic E-state index is 10.8. The van der Waals surface area contributed by atoms with Crippen LogP contribution in [0.15, 0.2) is 6.07 Å². The summed E-state index contributed by atoms with van der Waals surface area (Å²) in [5, 5.41) is 8.87. The summed E-state index contributed by atoms with van der Waals surface area (Å²) in [4.78, 5) is 14.6. The molecule has 1 N–H and O–H groups in total. The molecule has 0 bridgehead atoms. The minimum atomic E-state index is -0.835. The number of hydrogen-bond donors (Lipinski definition) is 1. The molecule has 1 aliphatic rings.